The smallest absolute Gasteiger partial charge is 0.335 e. The Balaban J connectivity index is 1.36. The summed E-state index contributed by atoms with van der Waals surface area (Å²) in [7, 11) is 0. The van der Waals surface area contributed by atoms with E-state index in [2.05, 4.69) is 4.90 Å². The molecule has 4 amide bonds. The number of carbonyl (C=O) groups is 3. The molecular formula is C21H21FN4O3. The molecule has 0 aromatic heterocycles. The van der Waals surface area contributed by atoms with Crippen molar-refractivity contribution in [2.24, 2.45) is 0 Å². The van der Waals surface area contributed by atoms with Crippen LogP contribution in [0.4, 0.5) is 14.9 Å². The molecule has 0 bridgehead atoms. The lowest BCUT2D eigenvalue weighted by atomic mass is 10.2. The van der Waals surface area contributed by atoms with Gasteiger partial charge in [0.25, 0.3) is 0 Å². The number of carbonyl (C=O) groups excluding carboxylic acids is 3. The summed E-state index contributed by atoms with van der Waals surface area (Å²) in [5.41, 5.74) is 1.72. The molecular weight excluding hydrogens is 375 g/mol. The van der Waals surface area contributed by atoms with Gasteiger partial charge in [-0.1, -0.05) is 30.3 Å². The van der Waals surface area contributed by atoms with Crippen molar-refractivity contribution in [1.82, 2.24) is 14.7 Å². The Hall–Kier alpha value is -3.26. The largest absolute Gasteiger partial charge is 0.369 e. The monoisotopic (exact) mass is 396 g/mol. The topological polar surface area (TPSA) is 64.2 Å². The minimum Gasteiger partial charge on any atom is -0.369 e. The fourth-order valence-corrected chi connectivity index (χ4v) is 3.58. The van der Waals surface area contributed by atoms with Crippen LogP contribution < -0.4 is 4.90 Å². The van der Waals surface area contributed by atoms with Crippen LogP contribution in [0.5, 0.6) is 0 Å². The van der Waals surface area contributed by atoms with Gasteiger partial charge in [-0.15, -0.1) is 0 Å². The van der Waals surface area contributed by atoms with Gasteiger partial charge in [0.15, 0.2) is 0 Å². The van der Waals surface area contributed by atoms with E-state index in [0.717, 1.165) is 21.1 Å². The summed E-state index contributed by atoms with van der Waals surface area (Å²) in [6.07, 6.45) is 0. The van der Waals surface area contributed by atoms with E-state index in [0.29, 0.717) is 26.2 Å². The number of piperazine rings is 1. The highest BCUT2D eigenvalue weighted by molar-refractivity contribution is 6.44. The Morgan fingerprint density at radius 3 is 2.03 bits per heavy atom. The molecule has 7 nitrogen and oxygen atoms in total. The number of anilines is 1. The number of amides is 4. The highest BCUT2D eigenvalue weighted by Gasteiger charge is 2.45. The van der Waals surface area contributed by atoms with Crippen LogP contribution in [0.25, 0.3) is 0 Å². The zero-order valence-electron chi connectivity index (χ0n) is 15.8. The van der Waals surface area contributed by atoms with E-state index in [4.69, 9.17) is 0 Å². The predicted molar refractivity (Wildman–Crippen MR) is 104 cm³/mol. The van der Waals surface area contributed by atoms with E-state index in [9.17, 15) is 18.8 Å². The third kappa shape index (κ3) is 3.97. The van der Waals surface area contributed by atoms with Crippen molar-refractivity contribution in [2.75, 3.05) is 37.7 Å². The molecule has 8 heteroatoms. The van der Waals surface area contributed by atoms with Gasteiger partial charge in [0.1, 0.15) is 5.82 Å². The van der Waals surface area contributed by atoms with Gasteiger partial charge in [0.2, 0.25) is 0 Å². The Labute approximate surface area is 167 Å². The van der Waals surface area contributed by atoms with Crippen LogP contribution in [0.3, 0.4) is 0 Å². The highest BCUT2D eigenvalue weighted by atomic mass is 19.1. The Morgan fingerprint density at radius 1 is 0.759 bits per heavy atom. The summed E-state index contributed by atoms with van der Waals surface area (Å²) >= 11 is 0. The number of hydrogen-bond donors (Lipinski definition) is 0. The minimum absolute atomic E-state index is 0.0824. The van der Waals surface area contributed by atoms with Gasteiger partial charge in [-0.25, -0.2) is 14.1 Å². The summed E-state index contributed by atoms with van der Waals surface area (Å²) in [5.74, 6) is -1.85. The summed E-state index contributed by atoms with van der Waals surface area (Å²) in [6.45, 7) is 2.79. The van der Waals surface area contributed by atoms with Gasteiger partial charge in [-0.2, -0.15) is 0 Å². The van der Waals surface area contributed by atoms with Crippen molar-refractivity contribution >= 4 is 23.5 Å². The summed E-state index contributed by atoms with van der Waals surface area (Å²) in [6, 6.07) is 14.8. The number of rotatable bonds is 5. The summed E-state index contributed by atoms with van der Waals surface area (Å²) in [5, 5.41) is 0. The molecule has 2 heterocycles. The van der Waals surface area contributed by atoms with Crippen molar-refractivity contribution in [1.29, 1.82) is 0 Å². The van der Waals surface area contributed by atoms with E-state index in [1.807, 2.05) is 35.2 Å². The first kappa shape index (κ1) is 19.1. The van der Waals surface area contributed by atoms with Crippen LogP contribution in [0, 0.1) is 5.82 Å². The van der Waals surface area contributed by atoms with Gasteiger partial charge in [-0.05, 0) is 29.8 Å². The number of nitrogens with zero attached hydrogens (tertiary/aromatic N) is 4. The summed E-state index contributed by atoms with van der Waals surface area (Å²) in [4.78, 5) is 43.4. The van der Waals surface area contributed by atoms with Crippen molar-refractivity contribution in [2.45, 2.75) is 6.54 Å². The normalized spacial score (nSPS) is 18.1. The van der Waals surface area contributed by atoms with Crippen molar-refractivity contribution in [3.8, 4) is 0 Å². The van der Waals surface area contributed by atoms with Crippen LogP contribution in [-0.2, 0) is 16.1 Å². The number of halogens is 1. The molecule has 0 saturated carbocycles. The summed E-state index contributed by atoms with van der Waals surface area (Å²) < 4.78 is 13.1. The van der Waals surface area contributed by atoms with E-state index >= 15 is 0 Å². The lowest BCUT2D eigenvalue weighted by Crippen LogP contribution is -2.51. The van der Waals surface area contributed by atoms with Gasteiger partial charge in [-0.3, -0.25) is 19.4 Å². The van der Waals surface area contributed by atoms with Gasteiger partial charge >= 0.3 is 17.8 Å². The highest BCUT2D eigenvalue weighted by Crippen LogP contribution is 2.19. The third-order valence-corrected chi connectivity index (χ3v) is 5.22. The third-order valence-electron chi connectivity index (χ3n) is 5.22. The zero-order chi connectivity index (χ0) is 20.4. The first-order valence-corrected chi connectivity index (χ1v) is 9.47. The standard InChI is InChI=1S/C21H21FN4O3/c22-17-6-8-18(9-7-17)24-12-10-23(11-13-24)15-26-20(28)19(27)25(21(26)29)14-16-4-2-1-3-5-16/h1-9H,10-15H2. The van der Waals surface area contributed by atoms with Crippen LogP contribution in [0.15, 0.2) is 54.6 Å². The van der Waals surface area contributed by atoms with Gasteiger partial charge < -0.3 is 4.90 Å². The molecule has 0 aliphatic carbocycles. The van der Waals surface area contributed by atoms with Crippen LogP contribution in [0.2, 0.25) is 0 Å². The molecule has 0 spiro atoms. The van der Waals surface area contributed by atoms with E-state index in [1.165, 1.54) is 12.1 Å². The predicted octanol–water partition coefficient (Wildman–Crippen LogP) is 1.90. The van der Waals surface area contributed by atoms with Crippen molar-refractivity contribution in [3.63, 3.8) is 0 Å². The molecule has 2 fully saturated rings. The zero-order valence-corrected chi connectivity index (χ0v) is 15.8. The Bertz CT molecular complexity index is 911. The molecule has 2 saturated heterocycles. The van der Waals surface area contributed by atoms with Gasteiger partial charge in [0, 0.05) is 31.9 Å². The molecule has 29 heavy (non-hydrogen) atoms. The molecule has 2 aromatic rings. The van der Waals surface area contributed by atoms with E-state index in [-0.39, 0.29) is 19.0 Å². The fraction of sp³-hybridized carbons (Fsp3) is 0.286. The maximum Gasteiger partial charge on any atom is 0.335 e. The molecule has 2 aliphatic heterocycles. The SMILES string of the molecule is O=C1C(=O)N(CN2CCN(c3ccc(F)cc3)CC2)C(=O)N1Cc1ccccc1. The molecule has 0 atom stereocenters. The van der Waals surface area contributed by atoms with Crippen LogP contribution in [-0.4, -0.2) is 65.4 Å². The van der Waals surface area contributed by atoms with E-state index < -0.39 is 17.8 Å². The first-order chi connectivity index (χ1) is 14.0. The maximum absolute atomic E-state index is 13.1. The molecule has 0 unspecified atom stereocenters. The first-order valence-electron chi connectivity index (χ1n) is 9.47. The molecule has 0 N–H and O–H groups in total. The second kappa shape index (κ2) is 8.00. The van der Waals surface area contributed by atoms with E-state index in [1.54, 1.807) is 12.1 Å². The van der Waals surface area contributed by atoms with Crippen molar-refractivity contribution < 1.29 is 18.8 Å². The molecule has 0 radical (unpaired) electrons. The second-order valence-corrected chi connectivity index (χ2v) is 7.12. The number of benzene rings is 2. The molecule has 2 aromatic carbocycles. The Kier molecular flexibility index (Phi) is 5.26. The molecule has 2 aliphatic rings. The minimum atomic E-state index is -0.788. The number of urea groups is 1. The van der Waals surface area contributed by atoms with Crippen molar-refractivity contribution in [3.05, 3.63) is 66.0 Å². The molecule has 4 rings (SSSR count). The van der Waals surface area contributed by atoms with Gasteiger partial charge in [0.05, 0.1) is 13.2 Å². The maximum atomic E-state index is 13.1. The van der Waals surface area contributed by atoms with Crippen LogP contribution >= 0.6 is 0 Å². The number of hydrogen-bond acceptors (Lipinski definition) is 5. The second-order valence-electron chi connectivity index (χ2n) is 7.12. The average Bonchev–Trinajstić information content (AvgIpc) is 2.94. The number of imide groups is 2. The lowest BCUT2D eigenvalue weighted by molar-refractivity contribution is -0.144. The average molecular weight is 396 g/mol. The fourth-order valence-electron chi connectivity index (χ4n) is 3.58. The molecule has 150 valence electrons. The van der Waals surface area contributed by atoms with Crippen LogP contribution in [0.1, 0.15) is 5.56 Å². The quantitative estimate of drug-likeness (QED) is 0.571. The lowest BCUT2D eigenvalue weighted by Gasteiger charge is -2.37. The Morgan fingerprint density at radius 2 is 1.38 bits per heavy atom.